The Morgan fingerprint density at radius 1 is 1.00 bits per heavy atom. The zero-order chi connectivity index (χ0) is 16.7. The summed E-state index contributed by atoms with van der Waals surface area (Å²) in [5.41, 5.74) is 3.64. The van der Waals surface area contributed by atoms with E-state index in [-0.39, 0.29) is 0 Å². The van der Waals surface area contributed by atoms with Crippen LogP contribution in [-0.2, 0) is 16.4 Å². The number of benzene rings is 2. The molecule has 0 saturated heterocycles. The van der Waals surface area contributed by atoms with Gasteiger partial charge in [0.25, 0.3) is 0 Å². The van der Waals surface area contributed by atoms with E-state index >= 15 is 0 Å². The van der Waals surface area contributed by atoms with Gasteiger partial charge < -0.3 is 4.74 Å². The van der Waals surface area contributed by atoms with Crippen LogP contribution in [0.5, 0.6) is 5.88 Å². The molecule has 2 heterocycles. The van der Waals surface area contributed by atoms with Crippen molar-refractivity contribution >= 4 is 9.84 Å². The highest BCUT2D eigenvalue weighted by Crippen LogP contribution is 2.41. The van der Waals surface area contributed by atoms with Crippen molar-refractivity contribution in [2.24, 2.45) is 0 Å². The Morgan fingerprint density at radius 2 is 1.71 bits per heavy atom. The fourth-order valence-corrected chi connectivity index (χ4v) is 3.53. The van der Waals surface area contributed by atoms with Crippen molar-refractivity contribution < 1.29 is 13.2 Å². The molecule has 0 spiro atoms. The van der Waals surface area contributed by atoms with E-state index < -0.39 is 9.84 Å². The molecule has 1 aliphatic rings. The summed E-state index contributed by atoms with van der Waals surface area (Å²) in [6, 6.07) is 16.8. The van der Waals surface area contributed by atoms with Gasteiger partial charge >= 0.3 is 0 Å². The van der Waals surface area contributed by atoms with Crippen molar-refractivity contribution in [3.05, 3.63) is 54.6 Å². The molecule has 24 heavy (non-hydrogen) atoms. The molecule has 4 rings (SSSR count). The van der Waals surface area contributed by atoms with Gasteiger partial charge in [0.05, 0.1) is 17.0 Å². The fourth-order valence-electron chi connectivity index (χ4n) is 2.90. The molecule has 122 valence electrons. The Balaban J connectivity index is 1.89. The first-order valence-electron chi connectivity index (χ1n) is 7.63. The minimum absolute atomic E-state index is 0.303. The van der Waals surface area contributed by atoms with Gasteiger partial charge in [0.2, 0.25) is 5.88 Å². The second-order valence-electron chi connectivity index (χ2n) is 5.76. The minimum atomic E-state index is -3.21. The summed E-state index contributed by atoms with van der Waals surface area (Å²) >= 11 is 0. The van der Waals surface area contributed by atoms with Gasteiger partial charge in [-0.1, -0.05) is 42.5 Å². The van der Waals surface area contributed by atoms with Crippen molar-refractivity contribution in [3.63, 3.8) is 0 Å². The maximum absolute atomic E-state index is 11.7. The second-order valence-corrected chi connectivity index (χ2v) is 7.78. The molecule has 6 heteroatoms. The molecular formula is C18H16N2O3S. The molecule has 0 amide bonds. The second kappa shape index (κ2) is 5.49. The number of hydrogen-bond donors (Lipinski definition) is 0. The van der Waals surface area contributed by atoms with Gasteiger partial charge in [0.15, 0.2) is 9.84 Å². The predicted octanol–water partition coefficient (Wildman–Crippen LogP) is 3.01. The molecule has 5 nitrogen and oxygen atoms in total. The van der Waals surface area contributed by atoms with Crippen LogP contribution in [0, 0.1) is 0 Å². The lowest BCUT2D eigenvalue weighted by Gasteiger charge is -2.06. The lowest BCUT2D eigenvalue weighted by Crippen LogP contribution is -1.97. The smallest absolute Gasteiger partial charge is 0.220 e. The summed E-state index contributed by atoms with van der Waals surface area (Å²) in [7, 11) is -3.21. The number of nitrogens with zero attached hydrogens (tertiary/aromatic N) is 2. The molecule has 1 aromatic heterocycles. The van der Waals surface area contributed by atoms with E-state index in [2.05, 4.69) is 5.10 Å². The molecule has 0 atom stereocenters. The van der Waals surface area contributed by atoms with E-state index in [4.69, 9.17) is 4.74 Å². The van der Waals surface area contributed by atoms with Crippen LogP contribution in [0.25, 0.3) is 22.4 Å². The summed E-state index contributed by atoms with van der Waals surface area (Å²) < 4.78 is 31.0. The molecule has 1 aliphatic heterocycles. The molecule has 0 radical (unpaired) electrons. The first-order chi connectivity index (χ1) is 11.5. The molecule has 0 unspecified atom stereocenters. The zero-order valence-corrected chi connectivity index (χ0v) is 14.0. The fraction of sp³-hybridized carbons (Fsp3) is 0.167. The van der Waals surface area contributed by atoms with Gasteiger partial charge in [0, 0.05) is 11.8 Å². The van der Waals surface area contributed by atoms with Crippen LogP contribution in [0.3, 0.4) is 0 Å². The van der Waals surface area contributed by atoms with E-state index in [1.54, 1.807) is 12.1 Å². The SMILES string of the molecule is CS(=O)(=O)c1ccc(-c2c(-c3ccccc3)nn3c2OCC3)cc1. The number of hydrogen-bond acceptors (Lipinski definition) is 4. The monoisotopic (exact) mass is 340 g/mol. The van der Waals surface area contributed by atoms with Crippen LogP contribution in [0.4, 0.5) is 0 Å². The lowest BCUT2D eigenvalue weighted by atomic mass is 10.0. The van der Waals surface area contributed by atoms with E-state index in [0.29, 0.717) is 11.5 Å². The molecule has 0 bridgehead atoms. The Hall–Kier alpha value is -2.60. The molecule has 0 fully saturated rings. The van der Waals surface area contributed by atoms with Crippen molar-refractivity contribution in [2.75, 3.05) is 12.9 Å². The Kier molecular flexibility index (Phi) is 3.42. The largest absolute Gasteiger partial charge is 0.475 e. The van der Waals surface area contributed by atoms with Crippen LogP contribution in [0.1, 0.15) is 0 Å². The summed E-state index contributed by atoms with van der Waals surface area (Å²) in [6.07, 6.45) is 1.21. The van der Waals surface area contributed by atoms with E-state index in [0.717, 1.165) is 34.8 Å². The average molecular weight is 340 g/mol. The minimum Gasteiger partial charge on any atom is -0.475 e. The standard InChI is InChI=1S/C18H16N2O3S/c1-24(21,22)15-9-7-13(8-10-15)16-17(14-5-3-2-4-6-14)19-20-11-12-23-18(16)20/h2-10H,11-12H2,1H3. The van der Waals surface area contributed by atoms with E-state index in [1.165, 1.54) is 6.26 Å². The van der Waals surface area contributed by atoms with Gasteiger partial charge in [-0.3, -0.25) is 0 Å². The summed E-state index contributed by atoms with van der Waals surface area (Å²) in [4.78, 5) is 0.303. The quantitative estimate of drug-likeness (QED) is 0.735. The third kappa shape index (κ3) is 2.49. The highest BCUT2D eigenvalue weighted by molar-refractivity contribution is 7.90. The number of fused-ring (bicyclic) bond motifs is 1. The summed E-state index contributed by atoms with van der Waals surface area (Å²) in [5.74, 6) is 0.737. The van der Waals surface area contributed by atoms with Crippen molar-refractivity contribution in [2.45, 2.75) is 11.4 Å². The van der Waals surface area contributed by atoms with Crippen LogP contribution in [0.2, 0.25) is 0 Å². The zero-order valence-electron chi connectivity index (χ0n) is 13.1. The van der Waals surface area contributed by atoms with Crippen LogP contribution in [-0.4, -0.2) is 31.1 Å². The number of ether oxygens (including phenoxy) is 1. The molecule has 0 aliphatic carbocycles. The first kappa shape index (κ1) is 15.0. The average Bonchev–Trinajstić information content (AvgIpc) is 3.15. The van der Waals surface area contributed by atoms with E-state index in [1.807, 2.05) is 47.1 Å². The van der Waals surface area contributed by atoms with Gasteiger partial charge in [-0.15, -0.1) is 0 Å². The lowest BCUT2D eigenvalue weighted by molar-refractivity contribution is 0.358. The molecule has 0 N–H and O–H groups in total. The predicted molar refractivity (Wildman–Crippen MR) is 91.7 cm³/mol. The van der Waals surface area contributed by atoms with Gasteiger partial charge in [-0.2, -0.15) is 5.10 Å². The third-order valence-electron chi connectivity index (χ3n) is 4.07. The first-order valence-corrected chi connectivity index (χ1v) is 9.53. The highest BCUT2D eigenvalue weighted by atomic mass is 32.2. The van der Waals surface area contributed by atoms with Crippen LogP contribution in [0.15, 0.2) is 59.5 Å². The van der Waals surface area contributed by atoms with Crippen LogP contribution < -0.4 is 4.74 Å². The van der Waals surface area contributed by atoms with Gasteiger partial charge in [-0.25, -0.2) is 13.1 Å². The number of aromatic nitrogens is 2. The molecular weight excluding hydrogens is 324 g/mol. The van der Waals surface area contributed by atoms with Crippen LogP contribution >= 0.6 is 0 Å². The third-order valence-corrected chi connectivity index (χ3v) is 5.19. The van der Waals surface area contributed by atoms with Gasteiger partial charge in [0.1, 0.15) is 12.3 Å². The van der Waals surface area contributed by atoms with Crippen molar-refractivity contribution in [3.8, 4) is 28.3 Å². The Labute approximate surface area is 140 Å². The normalized spacial score (nSPS) is 13.5. The maximum Gasteiger partial charge on any atom is 0.220 e. The Morgan fingerprint density at radius 3 is 2.38 bits per heavy atom. The van der Waals surface area contributed by atoms with Crippen molar-refractivity contribution in [1.82, 2.24) is 9.78 Å². The topological polar surface area (TPSA) is 61.2 Å². The molecule has 0 saturated carbocycles. The van der Waals surface area contributed by atoms with Gasteiger partial charge in [-0.05, 0) is 17.7 Å². The molecule has 2 aromatic carbocycles. The maximum atomic E-state index is 11.7. The number of sulfone groups is 1. The summed E-state index contributed by atoms with van der Waals surface area (Å²) in [5, 5.41) is 4.68. The Bertz CT molecular complexity index is 991. The van der Waals surface area contributed by atoms with E-state index in [9.17, 15) is 8.42 Å². The molecule has 3 aromatic rings. The number of rotatable bonds is 3. The van der Waals surface area contributed by atoms with Crippen molar-refractivity contribution in [1.29, 1.82) is 0 Å². The highest BCUT2D eigenvalue weighted by Gasteiger charge is 2.25. The summed E-state index contributed by atoms with van der Waals surface area (Å²) in [6.45, 7) is 1.32.